The van der Waals surface area contributed by atoms with Crippen LogP contribution in [0.5, 0.6) is 0 Å². The fourth-order valence-corrected chi connectivity index (χ4v) is 3.34. The van der Waals surface area contributed by atoms with Crippen molar-refractivity contribution in [3.05, 3.63) is 71.5 Å². The van der Waals surface area contributed by atoms with Crippen LogP contribution in [0.15, 0.2) is 59.8 Å². The topological polar surface area (TPSA) is 54.5 Å². The average Bonchev–Trinajstić information content (AvgIpc) is 3.40. The first-order valence-corrected chi connectivity index (χ1v) is 8.96. The molecule has 1 aromatic heterocycles. The lowest BCUT2D eigenvalue weighted by atomic mass is 10.2. The quantitative estimate of drug-likeness (QED) is 0.653. The fraction of sp³-hybridized carbons (Fsp3) is 0.211. The van der Waals surface area contributed by atoms with Gasteiger partial charge >= 0.3 is 0 Å². The maximum absolute atomic E-state index is 8.86. The van der Waals surface area contributed by atoms with Crippen molar-refractivity contribution in [1.82, 2.24) is 14.8 Å². The Morgan fingerprint density at radius 3 is 2.50 bits per heavy atom. The number of para-hydroxylation sites is 1. The molecule has 0 saturated heterocycles. The second-order valence-electron chi connectivity index (χ2n) is 5.87. The van der Waals surface area contributed by atoms with E-state index in [-0.39, 0.29) is 0 Å². The molecule has 118 valence electrons. The third kappa shape index (κ3) is 3.19. The summed E-state index contributed by atoms with van der Waals surface area (Å²) in [5.74, 6) is 2.42. The van der Waals surface area contributed by atoms with Gasteiger partial charge in [0.2, 0.25) is 5.16 Å². The van der Waals surface area contributed by atoms with Crippen molar-refractivity contribution < 1.29 is 0 Å². The van der Waals surface area contributed by atoms with Gasteiger partial charge in [0.05, 0.1) is 17.3 Å². The smallest absolute Gasteiger partial charge is 0.209 e. The molecule has 0 spiro atoms. The minimum Gasteiger partial charge on any atom is -0.216 e. The van der Waals surface area contributed by atoms with E-state index in [9.17, 15) is 0 Å². The van der Waals surface area contributed by atoms with E-state index in [0.717, 1.165) is 22.4 Å². The molecule has 5 heteroatoms. The van der Waals surface area contributed by atoms with Crippen molar-refractivity contribution in [2.75, 3.05) is 0 Å². The van der Waals surface area contributed by atoms with Crippen molar-refractivity contribution in [3.8, 4) is 11.8 Å². The van der Waals surface area contributed by atoms with E-state index in [4.69, 9.17) is 15.3 Å². The van der Waals surface area contributed by atoms with Crippen molar-refractivity contribution in [1.29, 1.82) is 5.26 Å². The van der Waals surface area contributed by atoms with Crippen LogP contribution in [-0.4, -0.2) is 14.8 Å². The summed E-state index contributed by atoms with van der Waals surface area (Å²) in [6.45, 7) is 0. The molecule has 0 atom stereocenters. The molecule has 24 heavy (non-hydrogen) atoms. The lowest BCUT2D eigenvalue weighted by molar-refractivity contribution is 0.782. The van der Waals surface area contributed by atoms with E-state index < -0.39 is 0 Å². The molecule has 4 nitrogen and oxygen atoms in total. The van der Waals surface area contributed by atoms with Gasteiger partial charge in [-0.2, -0.15) is 5.26 Å². The van der Waals surface area contributed by atoms with E-state index in [0.29, 0.717) is 11.5 Å². The predicted molar refractivity (Wildman–Crippen MR) is 94.1 cm³/mol. The lowest BCUT2D eigenvalue weighted by Gasteiger charge is -2.03. The number of benzene rings is 2. The van der Waals surface area contributed by atoms with Gasteiger partial charge in [0.25, 0.3) is 0 Å². The van der Waals surface area contributed by atoms with Gasteiger partial charge in [-0.25, -0.2) is 9.67 Å². The molecule has 4 rings (SSSR count). The summed E-state index contributed by atoms with van der Waals surface area (Å²) in [5, 5.41) is 14.4. The monoisotopic (exact) mass is 332 g/mol. The molecule has 0 N–H and O–H groups in total. The molecule has 1 aliphatic carbocycles. The Hall–Kier alpha value is -2.58. The second kappa shape index (κ2) is 6.50. The third-order valence-electron chi connectivity index (χ3n) is 4.01. The summed E-state index contributed by atoms with van der Waals surface area (Å²) in [6.07, 6.45) is 2.40. The number of hydrogen-bond acceptors (Lipinski definition) is 4. The van der Waals surface area contributed by atoms with E-state index in [2.05, 4.69) is 18.2 Å². The summed E-state index contributed by atoms with van der Waals surface area (Å²) in [4.78, 5) is 4.76. The Kier molecular flexibility index (Phi) is 4.06. The van der Waals surface area contributed by atoms with Crippen LogP contribution in [0, 0.1) is 11.3 Å². The Labute approximate surface area is 145 Å². The van der Waals surface area contributed by atoms with E-state index in [1.165, 1.54) is 18.4 Å². The Morgan fingerprint density at radius 1 is 1.08 bits per heavy atom. The van der Waals surface area contributed by atoms with Crippen LogP contribution >= 0.6 is 11.8 Å². The molecule has 3 aromatic rings. The second-order valence-corrected chi connectivity index (χ2v) is 6.81. The molecule has 0 unspecified atom stereocenters. The molecule has 1 saturated carbocycles. The highest BCUT2D eigenvalue weighted by Gasteiger charge is 2.30. The van der Waals surface area contributed by atoms with Crippen LogP contribution in [0.4, 0.5) is 0 Å². The minimum absolute atomic E-state index is 0.543. The van der Waals surface area contributed by atoms with Gasteiger partial charge in [0, 0.05) is 11.7 Å². The molecular formula is C19H16N4S. The summed E-state index contributed by atoms with van der Waals surface area (Å²) in [6, 6.07) is 20.0. The van der Waals surface area contributed by atoms with Crippen molar-refractivity contribution in [2.24, 2.45) is 0 Å². The van der Waals surface area contributed by atoms with Gasteiger partial charge in [-0.15, -0.1) is 5.10 Å². The Bertz CT molecular complexity index is 874. The van der Waals surface area contributed by atoms with Gasteiger partial charge in [-0.05, 0) is 42.7 Å². The molecular weight excluding hydrogens is 316 g/mol. The molecule has 0 radical (unpaired) electrons. The van der Waals surface area contributed by atoms with E-state index in [1.54, 1.807) is 11.8 Å². The SMILES string of the molecule is N#Cc1ccc(CSc2nc(C3CC3)n(-c3ccccc3)n2)cc1. The fourth-order valence-electron chi connectivity index (χ4n) is 2.55. The van der Waals surface area contributed by atoms with Crippen molar-refractivity contribution in [3.63, 3.8) is 0 Å². The molecule has 0 aliphatic heterocycles. The summed E-state index contributed by atoms with van der Waals surface area (Å²) in [7, 11) is 0. The number of nitrogens with zero attached hydrogens (tertiary/aromatic N) is 4. The maximum atomic E-state index is 8.86. The first-order chi connectivity index (χ1) is 11.8. The zero-order valence-corrected chi connectivity index (χ0v) is 13.9. The van der Waals surface area contributed by atoms with Gasteiger partial charge in [-0.1, -0.05) is 42.1 Å². The van der Waals surface area contributed by atoms with Crippen LogP contribution < -0.4 is 0 Å². The molecule has 1 heterocycles. The molecule has 1 fully saturated rings. The maximum Gasteiger partial charge on any atom is 0.209 e. The first-order valence-electron chi connectivity index (χ1n) is 7.98. The third-order valence-corrected chi connectivity index (χ3v) is 4.92. The zero-order chi connectivity index (χ0) is 16.4. The minimum atomic E-state index is 0.543. The number of thioether (sulfide) groups is 1. The summed E-state index contributed by atoms with van der Waals surface area (Å²) < 4.78 is 1.98. The summed E-state index contributed by atoms with van der Waals surface area (Å²) in [5.41, 5.74) is 2.92. The molecule has 0 amide bonds. The van der Waals surface area contributed by atoms with Gasteiger partial charge in [-0.3, -0.25) is 0 Å². The standard InChI is InChI=1S/C19H16N4S/c20-12-14-6-8-15(9-7-14)13-24-19-21-18(16-10-11-16)23(22-19)17-4-2-1-3-5-17/h1-9,16H,10-11,13H2. The molecule has 1 aliphatic rings. The van der Waals surface area contributed by atoms with Crippen LogP contribution in [0.2, 0.25) is 0 Å². The highest BCUT2D eigenvalue weighted by molar-refractivity contribution is 7.98. The van der Waals surface area contributed by atoms with Crippen LogP contribution in [0.1, 0.15) is 35.7 Å². The Balaban J connectivity index is 1.54. The summed E-state index contributed by atoms with van der Waals surface area (Å²) >= 11 is 1.64. The van der Waals surface area contributed by atoms with Gasteiger partial charge < -0.3 is 0 Å². The number of nitriles is 1. The predicted octanol–water partition coefficient (Wildman–Crippen LogP) is 4.31. The normalized spacial score (nSPS) is 13.6. The molecule has 0 bridgehead atoms. The highest BCUT2D eigenvalue weighted by Crippen LogP contribution is 2.40. The van der Waals surface area contributed by atoms with Gasteiger partial charge in [0.15, 0.2) is 0 Å². The average molecular weight is 332 g/mol. The van der Waals surface area contributed by atoms with E-state index in [1.807, 2.05) is 47.1 Å². The van der Waals surface area contributed by atoms with Crippen molar-refractivity contribution >= 4 is 11.8 Å². The Morgan fingerprint density at radius 2 is 1.83 bits per heavy atom. The van der Waals surface area contributed by atoms with Crippen LogP contribution in [0.25, 0.3) is 5.69 Å². The zero-order valence-electron chi connectivity index (χ0n) is 13.1. The van der Waals surface area contributed by atoms with Crippen LogP contribution in [0.3, 0.4) is 0 Å². The number of aromatic nitrogens is 3. The largest absolute Gasteiger partial charge is 0.216 e. The van der Waals surface area contributed by atoms with Gasteiger partial charge in [0.1, 0.15) is 5.82 Å². The first kappa shape index (κ1) is 15.0. The molecule has 2 aromatic carbocycles. The van der Waals surface area contributed by atoms with Crippen molar-refractivity contribution in [2.45, 2.75) is 29.7 Å². The number of hydrogen-bond donors (Lipinski definition) is 0. The highest BCUT2D eigenvalue weighted by atomic mass is 32.2. The van der Waals surface area contributed by atoms with E-state index >= 15 is 0 Å². The van der Waals surface area contributed by atoms with Crippen LogP contribution in [-0.2, 0) is 5.75 Å². The lowest BCUT2D eigenvalue weighted by Crippen LogP contribution is -2.01. The number of rotatable bonds is 5.